The molecule has 4 heterocycles. The van der Waals surface area contributed by atoms with Gasteiger partial charge in [0, 0.05) is 61.0 Å². The van der Waals surface area contributed by atoms with Crippen LogP contribution in [0.2, 0.25) is 0 Å². The Morgan fingerprint density at radius 3 is 2.56 bits per heavy atom. The summed E-state index contributed by atoms with van der Waals surface area (Å²) in [4.78, 5) is 24.6. The third-order valence-corrected chi connectivity index (χ3v) is 9.80. The summed E-state index contributed by atoms with van der Waals surface area (Å²) in [5.74, 6) is 0.718. The van der Waals surface area contributed by atoms with Crippen molar-refractivity contribution in [3.63, 3.8) is 0 Å². The van der Waals surface area contributed by atoms with E-state index in [0.717, 1.165) is 49.8 Å². The van der Waals surface area contributed by atoms with E-state index in [1.165, 1.54) is 11.0 Å². The van der Waals surface area contributed by atoms with E-state index in [9.17, 15) is 23.2 Å². The highest BCUT2D eigenvalue weighted by atomic mass is 19.4. The fraction of sp³-hybridized carbons (Fsp3) is 0.429. The van der Waals surface area contributed by atoms with E-state index in [2.05, 4.69) is 31.9 Å². The molecule has 10 nitrogen and oxygen atoms in total. The number of aromatic nitrogens is 5. The summed E-state index contributed by atoms with van der Waals surface area (Å²) < 4.78 is 45.2. The van der Waals surface area contributed by atoms with Crippen molar-refractivity contribution in [2.45, 2.75) is 77.2 Å². The predicted octanol–water partition coefficient (Wildman–Crippen LogP) is 6.56. The van der Waals surface area contributed by atoms with Crippen molar-refractivity contribution in [2.75, 3.05) is 16.8 Å². The Labute approximate surface area is 276 Å². The number of aryl methyl sites for hydroxylation is 2. The summed E-state index contributed by atoms with van der Waals surface area (Å²) in [6, 6.07) is 10.8. The van der Waals surface area contributed by atoms with Gasteiger partial charge in [0.25, 0.3) is 5.91 Å². The van der Waals surface area contributed by atoms with E-state index in [-0.39, 0.29) is 41.5 Å². The summed E-state index contributed by atoms with van der Waals surface area (Å²) in [5.41, 5.74) is 2.35. The molecule has 1 aromatic carbocycles. The normalized spacial score (nSPS) is 17.1. The van der Waals surface area contributed by atoms with E-state index >= 15 is 0 Å². The molecule has 0 atom stereocenters. The second-order valence-corrected chi connectivity index (χ2v) is 13.3. The number of pyridine rings is 2. The Kier molecular flexibility index (Phi) is 8.15. The molecule has 7 rings (SSSR count). The molecule has 0 bridgehead atoms. The molecule has 0 spiro atoms. The van der Waals surface area contributed by atoms with Crippen molar-refractivity contribution >= 4 is 17.5 Å². The molecule has 2 fully saturated rings. The van der Waals surface area contributed by atoms with Crippen LogP contribution in [0.5, 0.6) is 0 Å². The van der Waals surface area contributed by atoms with Gasteiger partial charge >= 0.3 is 6.18 Å². The minimum absolute atomic E-state index is 0.0419. The Morgan fingerprint density at radius 2 is 1.88 bits per heavy atom. The number of nitrogens with one attached hydrogen (secondary N) is 2. The monoisotopic (exact) mass is 655 g/mol. The number of alkyl halides is 3. The SMILES string of the molecule is Cc1cc(-c2cc(NCC3(CC#N)CC3)nc(N3Cc4c(cc(CNC5CCCC5)cc4C(F)(F)F)C3=O)c2)c(-c2nncn2C)cn1. The molecule has 2 aliphatic carbocycles. The number of carbonyl (C=O) groups excluding carboxylic acids is 1. The van der Waals surface area contributed by atoms with Crippen LogP contribution >= 0.6 is 0 Å². The first kappa shape index (κ1) is 31.8. The zero-order valence-electron chi connectivity index (χ0n) is 26.9. The standard InChI is InChI=1S/C35H36F3N9O/c1-21-11-25(27(17-40-21)32-45-43-20-46(32)2)23-14-30(42-19-34(7-8-34)9-10-39)44-31(15-23)47-18-28-26(33(47)48)12-22(13-29(28)35(36,37)38)16-41-24-5-3-4-6-24/h11-15,17,20,24,41H,3-9,16,18-19H2,1-2H3,(H,42,44). The van der Waals surface area contributed by atoms with Gasteiger partial charge < -0.3 is 15.2 Å². The van der Waals surface area contributed by atoms with Crippen LogP contribution in [0, 0.1) is 23.7 Å². The number of rotatable bonds is 10. The number of amides is 1. The van der Waals surface area contributed by atoms with E-state index < -0.39 is 17.6 Å². The largest absolute Gasteiger partial charge is 0.416 e. The highest BCUT2D eigenvalue weighted by Crippen LogP contribution is 2.48. The van der Waals surface area contributed by atoms with Gasteiger partial charge in [0.2, 0.25) is 0 Å². The fourth-order valence-corrected chi connectivity index (χ4v) is 6.84. The number of hydrogen-bond acceptors (Lipinski definition) is 8. The van der Waals surface area contributed by atoms with Crippen LogP contribution < -0.4 is 15.5 Å². The van der Waals surface area contributed by atoms with Crippen LogP contribution in [-0.4, -0.2) is 43.2 Å². The van der Waals surface area contributed by atoms with Crippen molar-refractivity contribution in [3.05, 3.63) is 70.8 Å². The van der Waals surface area contributed by atoms with Gasteiger partial charge in [-0.3, -0.25) is 14.7 Å². The maximum absolute atomic E-state index is 14.5. The lowest BCUT2D eigenvalue weighted by Crippen LogP contribution is -2.26. The first-order chi connectivity index (χ1) is 23.0. The van der Waals surface area contributed by atoms with Crippen LogP contribution in [0.25, 0.3) is 22.5 Å². The van der Waals surface area contributed by atoms with E-state index in [1.807, 2.05) is 26.1 Å². The smallest absolute Gasteiger partial charge is 0.369 e. The van der Waals surface area contributed by atoms with Crippen LogP contribution in [0.15, 0.2) is 42.9 Å². The minimum Gasteiger partial charge on any atom is -0.369 e. The first-order valence-electron chi connectivity index (χ1n) is 16.3. The number of hydrogen-bond donors (Lipinski definition) is 2. The van der Waals surface area contributed by atoms with Crippen molar-refractivity contribution in [2.24, 2.45) is 12.5 Å². The molecule has 3 aliphatic rings. The quantitative estimate of drug-likeness (QED) is 0.197. The number of carbonyl (C=O) groups is 1. The van der Waals surface area contributed by atoms with E-state index in [4.69, 9.17) is 4.98 Å². The predicted molar refractivity (Wildman–Crippen MR) is 174 cm³/mol. The second kappa shape index (κ2) is 12.3. The number of benzene rings is 1. The molecule has 1 amide bonds. The zero-order chi connectivity index (χ0) is 33.6. The lowest BCUT2D eigenvalue weighted by molar-refractivity contribution is -0.138. The van der Waals surface area contributed by atoms with Crippen LogP contribution in [0.4, 0.5) is 24.8 Å². The average molecular weight is 656 g/mol. The molecule has 48 heavy (non-hydrogen) atoms. The van der Waals surface area contributed by atoms with E-state index in [1.54, 1.807) is 29.2 Å². The third-order valence-electron chi connectivity index (χ3n) is 9.80. The van der Waals surface area contributed by atoms with Gasteiger partial charge in [-0.1, -0.05) is 12.8 Å². The molecule has 4 aromatic rings. The number of fused-ring (bicyclic) bond motifs is 1. The summed E-state index contributed by atoms with van der Waals surface area (Å²) >= 11 is 0. The van der Waals surface area contributed by atoms with Crippen molar-refractivity contribution in [1.29, 1.82) is 5.26 Å². The first-order valence-corrected chi connectivity index (χ1v) is 16.3. The molecule has 2 N–H and O–H groups in total. The number of nitriles is 1. The Hall–Kier alpha value is -4.83. The Balaban J connectivity index is 1.29. The van der Waals surface area contributed by atoms with Crippen molar-refractivity contribution in [1.82, 2.24) is 30.0 Å². The lowest BCUT2D eigenvalue weighted by atomic mass is 9.98. The van der Waals surface area contributed by atoms with Gasteiger partial charge in [-0.05, 0) is 85.2 Å². The maximum Gasteiger partial charge on any atom is 0.416 e. The summed E-state index contributed by atoms with van der Waals surface area (Å²) in [6.07, 6.45) is 5.09. The second-order valence-electron chi connectivity index (χ2n) is 13.3. The molecule has 1 aliphatic heterocycles. The van der Waals surface area contributed by atoms with Crippen LogP contribution in [0.1, 0.15) is 77.7 Å². The zero-order valence-corrected chi connectivity index (χ0v) is 26.9. The Morgan fingerprint density at radius 1 is 1.08 bits per heavy atom. The topological polar surface area (TPSA) is 125 Å². The number of nitrogens with zero attached hydrogens (tertiary/aromatic N) is 7. The maximum atomic E-state index is 14.5. The molecular weight excluding hydrogens is 619 g/mol. The van der Waals surface area contributed by atoms with E-state index in [0.29, 0.717) is 41.3 Å². The summed E-state index contributed by atoms with van der Waals surface area (Å²) in [5, 5.41) is 24.4. The summed E-state index contributed by atoms with van der Waals surface area (Å²) in [7, 11) is 1.82. The molecule has 248 valence electrons. The molecule has 13 heteroatoms. The molecule has 2 saturated carbocycles. The van der Waals surface area contributed by atoms with Gasteiger partial charge in [0.15, 0.2) is 5.82 Å². The van der Waals surface area contributed by atoms with Crippen molar-refractivity contribution < 1.29 is 18.0 Å². The molecular formula is C35H36F3N9O. The van der Waals surface area contributed by atoms with Gasteiger partial charge in [0.05, 0.1) is 18.2 Å². The lowest BCUT2D eigenvalue weighted by Gasteiger charge is -2.20. The number of halogens is 3. The number of anilines is 2. The van der Waals surface area contributed by atoms with Crippen LogP contribution in [-0.2, 0) is 26.3 Å². The molecule has 0 saturated heterocycles. The van der Waals surface area contributed by atoms with Gasteiger partial charge in [-0.15, -0.1) is 10.2 Å². The minimum atomic E-state index is -4.63. The van der Waals surface area contributed by atoms with Gasteiger partial charge in [-0.2, -0.15) is 18.4 Å². The van der Waals surface area contributed by atoms with Crippen LogP contribution in [0.3, 0.4) is 0 Å². The molecule has 0 radical (unpaired) electrons. The highest BCUT2D eigenvalue weighted by molar-refractivity contribution is 6.10. The molecule has 0 unspecified atom stereocenters. The highest BCUT2D eigenvalue weighted by Gasteiger charge is 2.43. The fourth-order valence-electron chi connectivity index (χ4n) is 6.84. The van der Waals surface area contributed by atoms with Gasteiger partial charge in [-0.25, -0.2) is 4.98 Å². The van der Waals surface area contributed by atoms with Crippen molar-refractivity contribution in [3.8, 4) is 28.6 Å². The molecule has 3 aromatic heterocycles. The third kappa shape index (κ3) is 6.24. The Bertz CT molecular complexity index is 1920. The average Bonchev–Trinajstić information content (AvgIpc) is 3.36. The van der Waals surface area contributed by atoms with Gasteiger partial charge in [0.1, 0.15) is 18.0 Å². The summed E-state index contributed by atoms with van der Waals surface area (Å²) in [6.45, 7) is 2.36.